The summed E-state index contributed by atoms with van der Waals surface area (Å²) < 4.78 is 12.7. The number of hydroxylamine groups is 2. The molecule has 2 aliphatic heterocycles. The minimum absolute atomic E-state index is 0.0887. The van der Waals surface area contributed by atoms with Gasteiger partial charge in [0.2, 0.25) is 0 Å². The molecular formula is C27H33N3O3Si. The summed E-state index contributed by atoms with van der Waals surface area (Å²) in [5.41, 5.74) is 1.17. The van der Waals surface area contributed by atoms with Gasteiger partial charge in [-0.25, -0.2) is 0 Å². The van der Waals surface area contributed by atoms with Crippen molar-refractivity contribution in [3.8, 4) is 17.9 Å². The van der Waals surface area contributed by atoms with E-state index in [1.807, 2.05) is 60.5 Å². The van der Waals surface area contributed by atoms with Crippen LogP contribution in [0.15, 0.2) is 48.5 Å². The summed E-state index contributed by atoms with van der Waals surface area (Å²) in [6.45, 7) is 13.5. The number of hydrogen-bond donors (Lipinski definition) is 0. The third-order valence-electron chi connectivity index (χ3n) is 7.44. The lowest BCUT2D eigenvalue weighted by Crippen LogP contribution is -2.54. The molecule has 1 saturated heterocycles. The number of aryl methyl sites for hydroxylation is 1. The average molecular weight is 476 g/mol. The molecule has 1 fully saturated rings. The zero-order valence-corrected chi connectivity index (χ0v) is 21.8. The molecule has 178 valence electrons. The first-order valence-corrected chi connectivity index (χ1v) is 14.7. The number of nitrogens with zero attached hydrogens (tertiary/aromatic N) is 3. The van der Waals surface area contributed by atoms with E-state index in [9.17, 15) is 10.5 Å². The maximum atomic E-state index is 10.6. The first-order valence-electron chi connectivity index (χ1n) is 11.8. The van der Waals surface area contributed by atoms with E-state index < -0.39 is 20.0 Å². The van der Waals surface area contributed by atoms with Gasteiger partial charge in [-0.2, -0.15) is 15.6 Å². The summed E-state index contributed by atoms with van der Waals surface area (Å²) in [7, 11) is -2.51. The van der Waals surface area contributed by atoms with Gasteiger partial charge in [-0.1, -0.05) is 68.8 Å². The SMILES string of the molecule is Cc1ccc([C@H](N2OC[C@@H]3COc4ccccc4[C@@H]32)C(C#N)(C#N)O[Si](C)(C)C(C)(C)C)cc1. The number of fused-ring (bicyclic) bond motifs is 3. The van der Waals surface area contributed by atoms with E-state index in [0.29, 0.717) is 13.2 Å². The van der Waals surface area contributed by atoms with Gasteiger partial charge in [0.05, 0.1) is 19.3 Å². The van der Waals surface area contributed by atoms with Crippen molar-refractivity contribution >= 4 is 8.32 Å². The van der Waals surface area contributed by atoms with Crippen molar-refractivity contribution in [1.29, 1.82) is 10.5 Å². The van der Waals surface area contributed by atoms with Crippen LogP contribution in [0.25, 0.3) is 0 Å². The fraction of sp³-hybridized carbons (Fsp3) is 0.481. The van der Waals surface area contributed by atoms with Gasteiger partial charge in [-0.15, -0.1) is 0 Å². The van der Waals surface area contributed by atoms with E-state index in [0.717, 1.165) is 22.4 Å². The Bertz CT molecular complexity index is 1110. The van der Waals surface area contributed by atoms with Crippen LogP contribution in [0.3, 0.4) is 0 Å². The Kier molecular flexibility index (Phi) is 6.35. The maximum Gasteiger partial charge on any atom is 0.254 e. The first-order chi connectivity index (χ1) is 16.0. The zero-order valence-electron chi connectivity index (χ0n) is 20.8. The van der Waals surface area contributed by atoms with Crippen LogP contribution in [0, 0.1) is 35.5 Å². The van der Waals surface area contributed by atoms with Crippen molar-refractivity contribution in [2.45, 2.75) is 63.5 Å². The molecule has 2 aromatic carbocycles. The van der Waals surface area contributed by atoms with Gasteiger partial charge in [0, 0.05) is 11.5 Å². The predicted molar refractivity (Wildman–Crippen MR) is 132 cm³/mol. The van der Waals surface area contributed by atoms with Crippen LogP contribution in [-0.2, 0) is 9.26 Å². The molecule has 0 N–H and O–H groups in total. The Morgan fingerprint density at radius 2 is 1.68 bits per heavy atom. The third-order valence-corrected chi connectivity index (χ3v) is 11.9. The molecular weight excluding hydrogens is 442 g/mol. The Hall–Kier alpha value is -2.68. The average Bonchev–Trinajstić information content (AvgIpc) is 3.23. The molecule has 0 radical (unpaired) electrons. The molecule has 3 atom stereocenters. The Balaban J connectivity index is 1.88. The molecule has 6 nitrogen and oxygen atoms in total. The standard InChI is InChI=1S/C27H33N3O3Si/c1-19-11-13-20(14-12-19)25(27(17-28,18-29)33-34(5,6)26(2,3)4)30-24-21(16-32-30)15-31-23-10-8-7-9-22(23)24/h7-14,21,24-25H,15-16H2,1-6H3/t21-,24+,25-/m0/s1. The van der Waals surface area contributed by atoms with E-state index in [-0.39, 0.29) is 17.0 Å². The maximum absolute atomic E-state index is 10.6. The lowest BCUT2D eigenvalue weighted by Gasteiger charge is -2.45. The molecule has 2 heterocycles. The van der Waals surface area contributed by atoms with E-state index in [4.69, 9.17) is 14.0 Å². The molecule has 0 bridgehead atoms. The van der Waals surface area contributed by atoms with Crippen molar-refractivity contribution < 1.29 is 14.0 Å². The molecule has 0 aliphatic carbocycles. The number of benzene rings is 2. The lowest BCUT2D eigenvalue weighted by molar-refractivity contribution is -0.191. The van der Waals surface area contributed by atoms with Gasteiger partial charge < -0.3 is 9.16 Å². The molecule has 4 rings (SSSR count). The molecule has 0 aromatic heterocycles. The summed E-state index contributed by atoms with van der Waals surface area (Å²) in [4.78, 5) is 6.30. The van der Waals surface area contributed by atoms with E-state index in [1.165, 1.54) is 0 Å². The summed E-state index contributed by atoms with van der Waals surface area (Å²) in [6, 6.07) is 19.6. The van der Waals surface area contributed by atoms with Crippen LogP contribution in [0.4, 0.5) is 0 Å². The van der Waals surface area contributed by atoms with E-state index in [1.54, 1.807) is 0 Å². The second-order valence-electron chi connectivity index (χ2n) is 10.8. The number of rotatable bonds is 5. The second-order valence-corrected chi connectivity index (χ2v) is 15.6. The molecule has 0 saturated carbocycles. The highest BCUT2D eigenvalue weighted by Crippen LogP contribution is 2.51. The largest absolute Gasteiger partial charge is 0.493 e. The fourth-order valence-corrected chi connectivity index (χ4v) is 5.81. The van der Waals surface area contributed by atoms with Crippen molar-refractivity contribution in [2.24, 2.45) is 5.92 Å². The topological polar surface area (TPSA) is 78.5 Å². The van der Waals surface area contributed by atoms with Crippen LogP contribution in [-0.4, -0.2) is 32.2 Å². The second kappa shape index (κ2) is 8.83. The quantitative estimate of drug-likeness (QED) is 0.506. The molecule has 7 heteroatoms. The van der Waals surface area contributed by atoms with E-state index >= 15 is 0 Å². The van der Waals surface area contributed by atoms with Gasteiger partial charge in [0.25, 0.3) is 5.60 Å². The van der Waals surface area contributed by atoms with Crippen molar-refractivity contribution in [2.75, 3.05) is 13.2 Å². The normalized spacial score (nSPS) is 21.5. The molecule has 0 spiro atoms. The fourth-order valence-electron chi connectivity index (χ4n) is 4.49. The monoisotopic (exact) mass is 475 g/mol. The zero-order chi connectivity index (χ0) is 24.7. The Morgan fingerprint density at radius 1 is 1.03 bits per heavy atom. The van der Waals surface area contributed by atoms with Gasteiger partial charge in [-0.3, -0.25) is 4.84 Å². The third kappa shape index (κ3) is 4.14. The van der Waals surface area contributed by atoms with Gasteiger partial charge in [0.15, 0.2) is 8.32 Å². The lowest BCUT2D eigenvalue weighted by atomic mass is 9.85. The molecule has 2 aliphatic rings. The smallest absolute Gasteiger partial charge is 0.254 e. The Labute approximate surface area is 203 Å². The van der Waals surface area contributed by atoms with Crippen LogP contribution in [0.5, 0.6) is 5.75 Å². The highest BCUT2D eigenvalue weighted by molar-refractivity contribution is 6.74. The molecule has 34 heavy (non-hydrogen) atoms. The van der Waals surface area contributed by atoms with Gasteiger partial charge >= 0.3 is 0 Å². The van der Waals surface area contributed by atoms with Crippen molar-refractivity contribution in [3.63, 3.8) is 0 Å². The minimum Gasteiger partial charge on any atom is -0.493 e. The molecule has 2 aromatic rings. The Morgan fingerprint density at radius 3 is 2.29 bits per heavy atom. The van der Waals surface area contributed by atoms with Crippen LogP contribution < -0.4 is 4.74 Å². The molecule has 0 unspecified atom stereocenters. The summed E-state index contributed by atoms with van der Waals surface area (Å²) in [6.07, 6.45) is 0. The highest BCUT2D eigenvalue weighted by Gasteiger charge is 2.56. The number of nitriles is 2. The van der Waals surface area contributed by atoms with Crippen LogP contribution >= 0.6 is 0 Å². The van der Waals surface area contributed by atoms with Crippen molar-refractivity contribution in [3.05, 3.63) is 65.2 Å². The summed E-state index contributed by atoms with van der Waals surface area (Å²) in [5, 5.41) is 22.8. The molecule has 0 amide bonds. The predicted octanol–water partition coefficient (Wildman–Crippen LogP) is 5.84. The minimum atomic E-state index is -2.51. The van der Waals surface area contributed by atoms with Gasteiger partial charge in [0.1, 0.15) is 23.9 Å². The van der Waals surface area contributed by atoms with Crippen molar-refractivity contribution in [1.82, 2.24) is 5.06 Å². The first kappa shape index (κ1) is 24.4. The van der Waals surface area contributed by atoms with E-state index in [2.05, 4.69) is 46.0 Å². The number of hydrogen-bond acceptors (Lipinski definition) is 6. The highest BCUT2D eigenvalue weighted by atomic mass is 28.4. The summed E-state index contributed by atoms with van der Waals surface area (Å²) in [5.74, 6) is 0.901. The number of para-hydroxylation sites is 1. The van der Waals surface area contributed by atoms with Gasteiger partial charge in [-0.05, 0) is 36.7 Å². The number of ether oxygens (including phenoxy) is 1. The van der Waals surface area contributed by atoms with Crippen LogP contribution in [0.1, 0.15) is 49.5 Å². The van der Waals surface area contributed by atoms with Crippen LogP contribution in [0.2, 0.25) is 18.1 Å². The summed E-state index contributed by atoms with van der Waals surface area (Å²) >= 11 is 0.